The molecule has 0 radical (unpaired) electrons. The topological polar surface area (TPSA) is 74.6 Å². The molecule has 4 nitrogen and oxygen atoms in total. The summed E-state index contributed by atoms with van der Waals surface area (Å²) in [7, 11) is 0. The number of unbranched alkanes of at least 4 members (excludes halogenated alkanes) is 3. The largest absolute Gasteiger partial charge is 0.481 e. The molecular formula is C20H24F2O4. The third-order valence-electron chi connectivity index (χ3n) is 4.87. The summed E-state index contributed by atoms with van der Waals surface area (Å²) in [4.78, 5) is 22.6. The van der Waals surface area contributed by atoms with Gasteiger partial charge >= 0.3 is 5.97 Å². The zero-order chi connectivity index (χ0) is 19.1. The van der Waals surface area contributed by atoms with E-state index in [2.05, 4.69) is 0 Å². The van der Waals surface area contributed by atoms with Crippen LogP contribution in [0.1, 0.15) is 50.5 Å². The van der Waals surface area contributed by atoms with E-state index in [0.717, 1.165) is 25.3 Å². The average Bonchev–Trinajstić information content (AvgIpc) is 2.85. The number of ketones is 1. The molecule has 1 saturated carbocycles. The van der Waals surface area contributed by atoms with Crippen LogP contribution in [-0.4, -0.2) is 28.1 Å². The van der Waals surface area contributed by atoms with E-state index in [9.17, 15) is 23.5 Å². The molecular weight excluding hydrogens is 342 g/mol. The number of halogens is 2. The van der Waals surface area contributed by atoms with Gasteiger partial charge < -0.3 is 10.2 Å². The zero-order valence-electron chi connectivity index (χ0n) is 14.5. The smallest absolute Gasteiger partial charge is 0.303 e. The van der Waals surface area contributed by atoms with E-state index in [1.54, 1.807) is 6.08 Å². The van der Waals surface area contributed by atoms with Gasteiger partial charge in [-0.25, -0.2) is 8.78 Å². The summed E-state index contributed by atoms with van der Waals surface area (Å²) in [6, 6.07) is 3.88. The first-order chi connectivity index (χ1) is 12.4. The molecule has 1 aliphatic carbocycles. The standard InChI is InChI=1S/C20H24F2O4/c21-16-8-5-6-13(20(16)22)10-11-15-14(17(23)12-18(15)24)7-3-1-2-4-9-19(25)26/h5-6,8,10-11,14-15,18,24H,1-4,7,9,12H2,(H,25,26)/b11-10+. The molecule has 0 heterocycles. The van der Waals surface area contributed by atoms with Gasteiger partial charge in [0, 0.05) is 30.2 Å². The third kappa shape index (κ3) is 5.46. The number of hydrogen-bond acceptors (Lipinski definition) is 3. The molecule has 6 heteroatoms. The first-order valence-corrected chi connectivity index (χ1v) is 8.95. The highest BCUT2D eigenvalue weighted by molar-refractivity contribution is 5.84. The Hall–Kier alpha value is -2.08. The monoisotopic (exact) mass is 366 g/mol. The molecule has 0 saturated heterocycles. The second-order valence-electron chi connectivity index (χ2n) is 6.77. The minimum absolute atomic E-state index is 0.0163. The van der Waals surface area contributed by atoms with Crippen molar-refractivity contribution in [3.63, 3.8) is 0 Å². The van der Waals surface area contributed by atoms with Crippen LogP contribution in [0.5, 0.6) is 0 Å². The Morgan fingerprint density at radius 2 is 1.92 bits per heavy atom. The fourth-order valence-electron chi connectivity index (χ4n) is 3.45. The van der Waals surface area contributed by atoms with Crippen molar-refractivity contribution >= 4 is 17.8 Å². The van der Waals surface area contributed by atoms with Crippen LogP contribution in [-0.2, 0) is 9.59 Å². The summed E-state index contributed by atoms with van der Waals surface area (Å²) in [5, 5.41) is 18.7. The van der Waals surface area contributed by atoms with Crippen LogP contribution in [0.15, 0.2) is 24.3 Å². The molecule has 0 amide bonds. The van der Waals surface area contributed by atoms with Gasteiger partial charge in [0.15, 0.2) is 11.6 Å². The highest BCUT2D eigenvalue weighted by Gasteiger charge is 2.39. The molecule has 1 aromatic carbocycles. The summed E-state index contributed by atoms with van der Waals surface area (Å²) in [5.74, 6) is -3.46. The lowest BCUT2D eigenvalue weighted by Crippen LogP contribution is -2.18. The van der Waals surface area contributed by atoms with Crippen molar-refractivity contribution in [1.29, 1.82) is 0 Å². The Balaban J connectivity index is 1.92. The number of rotatable bonds is 9. The van der Waals surface area contributed by atoms with Crippen molar-refractivity contribution in [1.82, 2.24) is 0 Å². The van der Waals surface area contributed by atoms with Gasteiger partial charge in [0.1, 0.15) is 5.78 Å². The number of aliphatic hydroxyl groups excluding tert-OH is 1. The number of carboxylic acid groups (broad SMARTS) is 1. The van der Waals surface area contributed by atoms with Crippen LogP contribution >= 0.6 is 0 Å². The van der Waals surface area contributed by atoms with Crippen LogP contribution in [0, 0.1) is 23.5 Å². The number of aliphatic hydroxyl groups is 1. The van der Waals surface area contributed by atoms with Crippen molar-refractivity contribution in [3.8, 4) is 0 Å². The molecule has 3 atom stereocenters. The lowest BCUT2D eigenvalue weighted by Gasteiger charge is -2.17. The Kier molecular flexibility index (Phi) is 7.45. The van der Waals surface area contributed by atoms with Crippen molar-refractivity contribution in [2.24, 2.45) is 11.8 Å². The Labute approximate surface area is 151 Å². The van der Waals surface area contributed by atoms with Gasteiger partial charge in [-0.15, -0.1) is 0 Å². The normalized spacial score (nSPS) is 23.0. The summed E-state index contributed by atoms with van der Waals surface area (Å²) < 4.78 is 27.0. The van der Waals surface area contributed by atoms with Crippen LogP contribution in [0.25, 0.3) is 6.08 Å². The predicted molar refractivity (Wildman–Crippen MR) is 93.3 cm³/mol. The number of Topliss-reactive ketones (excluding diaryl/α,β-unsaturated/α-hetero) is 1. The van der Waals surface area contributed by atoms with Crippen LogP contribution in [0.4, 0.5) is 8.78 Å². The lowest BCUT2D eigenvalue weighted by molar-refractivity contribution is -0.137. The van der Waals surface area contributed by atoms with Crippen LogP contribution < -0.4 is 0 Å². The average molecular weight is 366 g/mol. The predicted octanol–water partition coefficient (Wildman–Crippen LogP) is 3.97. The molecule has 3 unspecified atom stereocenters. The molecule has 1 aliphatic rings. The quantitative estimate of drug-likeness (QED) is 0.649. The fraction of sp³-hybridized carbons (Fsp3) is 0.500. The maximum atomic E-state index is 13.7. The zero-order valence-corrected chi connectivity index (χ0v) is 14.5. The Bertz CT molecular complexity index is 672. The van der Waals surface area contributed by atoms with Crippen molar-refractivity contribution in [3.05, 3.63) is 41.5 Å². The number of hydrogen-bond donors (Lipinski definition) is 2. The molecule has 0 aromatic heterocycles. The van der Waals surface area contributed by atoms with Crippen molar-refractivity contribution in [2.75, 3.05) is 0 Å². The maximum absolute atomic E-state index is 13.7. The summed E-state index contributed by atoms with van der Waals surface area (Å²) >= 11 is 0. The van der Waals surface area contributed by atoms with Gasteiger partial charge in [-0.3, -0.25) is 9.59 Å². The maximum Gasteiger partial charge on any atom is 0.303 e. The number of carbonyl (C=O) groups is 2. The summed E-state index contributed by atoms with van der Waals surface area (Å²) in [5.41, 5.74) is 0.0870. The minimum atomic E-state index is -0.947. The molecule has 1 aromatic rings. The van der Waals surface area contributed by atoms with Gasteiger partial charge in [0.05, 0.1) is 6.10 Å². The Morgan fingerprint density at radius 3 is 2.65 bits per heavy atom. The van der Waals surface area contributed by atoms with Crippen LogP contribution in [0.2, 0.25) is 0 Å². The Morgan fingerprint density at radius 1 is 1.19 bits per heavy atom. The number of aliphatic carboxylic acids is 1. The van der Waals surface area contributed by atoms with Crippen molar-refractivity contribution < 1.29 is 28.6 Å². The molecule has 0 aliphatic heterocycles. The molecule has 1 fully saturated rings. The summed E-state index contributed by atoms with van der Waals surface area (Å²) in [6.45, 7) is 0. The van der Waals surface area contributed by atoms with Crippen LogP contribution in [0.3, 0.4) is 0 Å². The fourth-order valence-corrected chi connectivity index (χ4v) is 3.45. The molecule has 2 rings (SSSR count). The van der Waals surface area contributed by atoms with E-state index in [0.29, 0.717) is 12.8 Å². The number of carbonyl (C=O) groups excluding carboxylic acids is 1. The first-order valence-electron chi connectivity index (χ1n) is 8.95. The minimum Gasteiger partial charge on any atom is -0.481 e. The van der Waals surface area contributed by atoms with Gasteiger partial charge in [0.2, 0.25) is 0 Å². The van der Waals surface area contributed by atoms with E-state index in [1.165, 1.54) is 18.2 Å². The van der Waals surface area contributed by atoms with Crippen molar-refractivity contribution in [2.45, 2.75) is 51.0 Å². The molecule has 0 spiro atoms. The van der Waals surface area contributed by atoms with Gasteiger partial charge in [-0.2, -0.15) is 0 Å². The molecule has 26 heavy (non-hydrogen) atoms. The van der Waals surface area contributed by atoms with Gasteiger partial charge in [0.25, 0.3) is 0 Å². The van der Waals surface area contributed by atoms with Gasteiger partial charge in [-0.05, 0) is 18.9 Å². The summed E-state index contributed by atoms with van der Waals surface area (Å²) in [6.07, 6.45) is 6.01. The number of benzene rings is 1. The lowest BCUT2D eigenvalue weighted by atomic mass is 9.88. The number of carboxylic acids is 1. The van der Waals surface area contributed by atoms with E-state index < -0.39 is 29.6 Å². The first kappa shape index (κ1) is 20.2. The molecule has 142 valence electrons. The molecule has 2 N–H and O–H groups in total. The SMILES string of the molecule is O=C(O)CCCCCCC1C(=O)CC(O)C1/C=C/c1cccc(F)c1F. The van der Waals surface area contributed by atoms with E-state index >= 15 is 0 Å². The third-order valence-corrected chi connectivity index (χ3v) is 4.87. The van der Waals surface area contributed by atoms with E-state index in [4.69, 9.17) is 5.11 Å². The highest BCUT2D eigenvalue weighted by atomic mass is 19.2. The highest BCUT2D eigenvalue weighted by Crippen LogP contribution is 2.35. The second kappa shape index (κ2) is 9.57. The van der Waals surface area contributed by atoms with E-state index in [-0.39, 0.29) is 30.1 Å². The second-order valence-corrected chi connectivity index (χ2v) is 6.77. The van der Waals surface area contributed by atoms with Gasteiger partial charge in [-0.1, -0.05) is 43.5 Å². The molecule has 0 bridgehead atoms. The van der Waals surface area contributed by atoms with E-state index in [1.807, 2.05) is 0 Å².